The maximum Gasteiger partial charge on any atom is 0.254 e. The molecule has 5 heteroatoms. The van der Waals surface area contributed by atoms with E-state index in [0.29, 0.717) is 30.4 Å². The van der Waals surface area contributed by atoms with Gasteiger partial charge in [-0.3, -0.25) is 4.79 Å². The molecule has 1 atom stereocenters. The van der Waals surface area contributed by atoms with Crippen LogP contribution in [-0.2, 0) is 4.74 Å². The maximum absolute atomic E-state index is 12.1. The molecule has 0 aromatic carbocycles. The zero-order valence-electron chi connectivity index (χ0n) is 9.02. The van der Waals surface area contributed by atoms with Gasteiger partial charge in [-0.15, -0.1) is 0 Å². The van der Waals surface area contributed by atoms with Crippen molar-refractivity contribution in [3.8, 4) is 0 Å². The van der Waals surface area contributed by atoms with Crippen molar-refractivity contribution in [3.05, 3.63) is 29.0 Å². The summed E-state index contributed by atoms with van der Waals surface area (Å²) in [6, 6.07) is 3.26. The topological polar surface area (TPSA) is 42.4 Å². The molecular formula is C11H13ClN2O2. The van der Waals surface area contributed by atoms with Crippen LogP contribution in [0.15, 0.2) is 18.3 Å². The number of hydrogen-bond acceptors (Lipinski definition) is 3. The monoisotopic (exact) mass is 240 g/mol. The summed E-state index contributed by atoms with van der Waals surface area (Å²) in [5.41, 5.74) is 0.578. The molecule has 1 unspecified atom stereocenters. The molecular weight excluding hydrogens is 228 g/mol. The maximum atomic E-state index is 12.1. The van der Waals surface area contributed by atoms with Gasteiger partial charge < -0.3 is 9.64 Å². The van der Waals surface area contributed by atoms with Gasteiger partial charge in [0.25, 0.3) is 5.91 Å². The molecule has 0 saturated carbocycles. The largest absolute Gasteiger partial charge is 0.375 e. The molecule has 2 rings (SSSR count). The van der Waals surface area contributed by atoms with Crippen molar-refractivity contribution in [1.82, 2.24) is 9.88 Å². The van der Waals surface area contributed by atoms with Crippen LogP contribution in [0.1, 0.15) is 17.3 Å². The molecule has 1 aliphatic rings. The van der Waals surface area contributed by atoms with E-state index in [-0.39, 0.29) is 12.0 Å². The lowest BCUT2D eigenvalue weighted by atomic mass is 10.2. The van der Waals surface area contributed by atoms with Gasteiger partial charge in [-0.25, -0.2) is 4.98 Å². The zero-order valence-corrected chi connectivity index (χ0v) is 9.78. The number of carbonyl (C=O) groups is 1. The van der Waals surface area contributed by atoms with Crippen LogP contribution in [0.3, 0.4) is 0 Å². The first-order valence-electron chi connectivity index (χ1n) is 5.19. The fourth-order valence-electron chi connectivity index (χ4n) is 1.72. The van der Waals surface area contributed by atoms with Crippen LogP contribution in [0.25, 0.3) is 0 Å². The van der Waals surface area contributed by atoms with E-state index >= 15 is 0 Å². The molecule has 1 aromatic heterocycles. The highest BCUT2D eigenvalue weighted by Crippen LogP contribution is 2.12. The fraction of sp³-hybridized carbons (Fsp3) is 0.455. The van der Waals surface area contributed by atoms with Crippen molar-refractivity contribution in [1.29, 1.82) is 0 Å². The van der Waals surface area contributed by atoms with Gasteiger partial charge in [-0.1, -0.05) is 11.6 Å². The van der Waals surface area contributed by atoms with Gasteiger partial charge >= 0.3 is 0 Å². The number of ether oxygens (including phenoxy) is 1. The van der Waals surface area contributed by atoms with E-state index in [1.165, 1.54) is 0 Å². The summed E-state index contributed by atoms with van der Waals surface area (Å²) in [7, 11) is 0. The molecule has 0 radical (unpaired) electrons. The number of hydrogen-bond donors (Lipinski definition) is 0. The van der Waals surface area contributed by atoms with Crippen LogP contribution in [0.4, 0.5) is 0 Å². The van der Waals surface area contributed by atoms with Gasteiger partial charge in [0.2, 0.25) is 0 Å². The molecule has 86 valence electrons. The average Bonchev–Trinajstić information content (AvgIpc) is 2.28. The Labute approximate surface area is 99.2 Å². The molecule has 1 aromatic rings. The number of rotatable bonds is 1. The third kappa shape index (κ3) is 2.51. The second kappa shape index (κ2) is 4.80. The van der Waals surface area contributed by atoms with E-state index in [2.05, 4.69) is 4.98 Å². The quantitative estimate of drug-likeness (QED) is 0.701. The summed E-state index contributed by atoms with van der Waals surface area (Å²) >= 11 is 5.75. The Hall–Kier alpha value is -1.13. The highest BCUT2D eigenvalue weighted by atomic mass is 35.5. The molecule has 0 aliphatic carbocycles. The highest BCUT2D eigenvalue weighted by Gasteiger charge is 2.22. The number of carbonyl (C=O) groups excluding carboxylic acids is 1. The predicted molar refractivity (Wildman–Crippen MR) is 60.6 cm³/mol. The fourth-order valence-corrected chi connectivity index (χ4v) is 1.89. The number of aromatic nitrogens is 1. The van der Waals surface area contributed by atoms with Gasteiger partial charge in [0, 0.05) is 24.8 Å². The predicted octanol–water partition coefficient (Wildman–Crippen LogP) is 1.60. The van der Waals surface area contributed by atoms with E-state index < -0.39 is 0 Å². The third-order valence-electron chi connectivity index (χ3n) is 2.50. The SMILES string of the molecule is CC1CN(C(=O)c2ccnc(Cl)c2)CCO1. The Kier molecular flexibility index (Phi) is 3.41. The summed E-state index contributed by atoms with van der Waals surface area (Å²) in [5.74, 6) is -0.0144. The van der Waals surface area contributed by atoms with Gasteiger partial charge in [-0.2, -0.15) is 0 Å². The Morgan fingerprint density at radius 1 is 1.69 bits per heavy atom. The summed E-state index contributed by atoms with van der Waals surface area (Å²) in [5, 5.41) is 0.340. The Morgan fingerprint density at radius 3 is 3.19 bits per heavy atom. The molecule has 4 nitrogen and oxygen atoms in total. The van der Waals surface area contributed by atoms with Crippen LogP contribution in [-0.4, -0.2) is 41.6 Å². The second-order valence-electron chi connectivity index (χ2n) is 3.80. The minimum atomic E-state index is -0.0144. The van der Waals surface area contributed by atoms with E-state index in [1.54, 1.807) is 23.2 Å². The minimum absolute atomic E-state index is 0.0144. The molecule has 16 heavy (non-hydrogen) atoms. The van der Waals surface area contributed by atoms with Crippen molar-refractivity contribution < 1.29 is 9.53 Å². The first kappa shape index (κ1) is 11.4. The zero-order chi connectivity index (χ0) is 11.5. The molecule has 1 aliphatic heterocycles. The summed E-state index contributed by atoms with van der Waals surface area (Å²) in [6.07, 6.45) is 1.63. The molecule has 1 fully saturated rings. The van der Waals surface area contributed by atoms with Crippen molar-refractivity contribution in [2.45, 2.75) is 13.0 Å². The standard InChI is InChI=1S/C11H13ClN2O2/c1-8-7-14(4-5-16-8)11(15)9-2-3-13-10(12)6-9/h2-3,6,8H,4-5,7H2,1H3. The minimum Gasteiger partial charge on any atom is -0.375 e. The van der Waals surface area contributed by atoms with Crippen LogP contribution < -0.4 is 0 Å². The van der Waals surface area contributed by atoms with Gasteiger partial charge in [0.15, 0.2) is 0 Å². The van der Waals surface area contributed by atoms with Crippen LogP contribution in [0.5, 0.6) is 0 Å². The molecule has 1 amide bonds. The molecule has 0 bridgehead atoms. The lowest BCUT2D eigenvalue weighted by molar-refractivity contribution is -0.0124. The number of halogens is 1. The number of amides is 1. The van der Waals surface area contributed by atoms with Crippen LogP contribution in [0, 0.1) is 0 Å². The number of nitrogens with zero attached hydrogens (tertiary/aromatic N) is 2. The van der Waals surface area contributed by atoms with Gasteiger partial charge in [0.05, 0.1) is 12.7 Å². The van der Waals surface area contributed by atoms with E-state index in [0.717, 1.165) is 0 Å². The Morgan fingerprint density at radius 2 is 2.50 bits per heavy atom. The summed E-state index contributed by atoms with van der Waals surface area (Å²) in [6.45, 7) is 3.80. The van der Waals surface area contributed by atoms with Crippen molar-refractivity contribution >= 4 is 17.5 Å². The van der Waals surface area contributed by atoms with Gasteiger partial charge in [0.1, 0.15) is 5.15 Å². The van der Waals surface area contributed by atoms with Gasteiger partial charge in [-0.05, 0) is 19.1 Å². The Balaban J connectivity index is 2.12. The first-order valence-corrected chi connectivity index (χ1v) is 5.57. The highest BCUT2D eigenvalue weighted by molar-refractivity contribution is 6.29. The summed E-state index contributed by atoms with van der Waals surface area (Å²) in [4.78, 5) is 17.7. The third-order valence-corrected chi connectivity index (χ3v) is 2.71. The number of morpholine rings is 1. The summed E-state index contributed by atoms with van der Waals surface area (Å²) < 4.78 is 5.39. The van der Waals surface area contributed by atoms with Crippen LogP contribution >= 0.6 is 11.6 Å². The second-order valence-corrected chi connectivity index (χ2v) is 4.19. The van der Waals surface area contributed by atoms with E-state index in [1.807, 2.05) is 6.92 Å². The average molecular weight is 241 g/mol. The van der Waals surface area contributed by atoms with Crippen molar-refractivity contribution in [3.63, 3.8) is 0 Å². The lowest BCUT2D eigenvalue weighted by Crippen LogP contribution is -2.44. The Bertz CT molecular complexity index is 397. The number of pyridine rings is 1. The molecule has 0 spiro atoms. The van der Waals surface area contributed by atoms with Crippen molar-refractivity contribution in [2.75, 3.05) is 19.7 Å². The molecule has 0 N–H and O–H groups in total. The van der Waals surface area contributed by atoms with E-state index in [9.17, 15) is 4.79 Å². The smallest absolute Gasteiger partial charge is 0.254 e. The lowest BCUT2D eigenvalue weighted by Gasteiger charge is -2.31. The van der Waals surface area contributed by atoms with E-state index in [4.69, 9.17) is 16.3 Å². The normalized spacial score (nSPS) is 20.9. The molecule has 2 heterocycles. The molecule has 1 saturated heterocycles. The van der Waals surface area contributed by atoms with Crippen LogP contribution in [0.2, 0.25) is 5.15 Å². The first-order chi connectivity index (χ1) is 7.66. The van der Waals surface area contributed by atoms with Crippen molar-refractivity contribution in [2.24, 2.45) is 0 Å².